The van der Waals surface area contributed by atoms with Gasteiger partial charge in [-0.15, -0.1) is 0 Å². The summed E-state index contributed by atoms with van der Waals surface area (Å²) in [6, 6.07) is 4.94. The Hall–Kier alpha value is -2.58. The first-order valence-electron chi connectivity index (χ1n) is 7.50. The first kappa shape index (κ1) is 19.7. The number of nitrogens with zero attached hydrogens (tertiary/aromatic N) is 2. The summed E-state index contributed by atoms with van der Waals surface area (Å²) >= 11 is 12.0. The van der Waals surface area contributed by atoms with E-state index in [9.17, 15) is 14.4 Å². The third-order valence-corrected chi connectivity index (χ3v) is 3.90. The van der Waals surface area contributed by atoms with E-state index < -0.39 is 17.7 Å². The van der Waals surface area contributed by atoms with Crippen molar-refractivity contribution in [3.05, 3.63) is 40.3 Å². The molecule has 0 spiro atoms. The molecule has 0 saturated carbocycles. The maximum atomic E-state index is 12.2. The van der Waals surface area contributed by atoms with Gasteiger partial charge in [0, 0.05) is 23.4 Å². The molecule has 0 atom stereocenters. The molecular formula is C16H16Cl2N4O4. The lowest BCUT2D eigenvalue weighted by Gasteiger charge is -2.18. The molecule has 0 radical (unpaired) electrons. The Labute approximate surface area is 159 Å². The van der Waals surface area contributed by atoms with Crippen LogP contribution in [0.1, 0.15) is 12.3 Å². The van der Waals surface area contributed by atoms with Gasteiger partial charge in [0.1, 0.15) is 0 Å². The van der Waals surface area contributed by atoms with Gasteiger partial charge in [-0.25, -0.2) is 4.98 Å². The molecule has 1 aromatic carbocycles. The number of aryl methyl sites for hydroxylation is 1. The normalized spacial score (nSPS) is 10.5. The van der Waals surface area contributed by atoms with Crippen LogP contribution < -0.4 is 11.5 Å². The van der Waals surface area contributed by atoms with Crippen molar-refractivity contribution in [3.8, 4) is 11.3 Å². The predicted octanol–water partition coefficient (Wildman–Crippen LogP) is 1.38. The van der Waals surface area contributed by atoms with Crippen molar-refractivity contribution in [1.29, 1.82) is 0 Å². The van der Waals surface area contributed by atoms with Gasteiger partial charge in [0.2, 0.25) is 17.7 Å². The fourth-order valence-electron chi connectivity index (χ4n) is 2.22. The number of nitrogens with two attached hydrogens (primary N) is 2. The van der Waals surface area contributed by atoms with Crippen molar-refractivity contribution >= 4 is 40.9 Å². The minimum atomic E-state index is -0.740. The molecule has 2 aromatic rings. The summed E-state index contributed by atoms with van der Waals surface area (Å²) in [6.45, 7) is -0.780. The molecule has 0 saturated heterocycles. The fraction of sp³-hybridized carbons (Fsp3) is 0.250. The number of hydrogen-bond acceptors (Lipinski definition) is 5. The number of rotatable bonds is 8. The first-order valence-corrected chi connectivity index (χ1v) is 8.26. The van der Waals surface area contributed by atoms with Gasteiger partial charge in [-0.05, 0) is 18.2 Å². The summed E-state index contributed by atoms with van der Waals surface area (Å²) in [4.78, 5) is 39.3. The third-order valence-electron chi connectivity index (χ3n) is 3.35. The number of halogens is 2. The standard InChI is InChI=1S/C16H16Cl2N4O4/c17-9-1-2-10(11(18)5-9)12-6-21-15(26-12)3-4-16(25)22(7-13(19)23)8-14(20)24/h1-2,5-6H,3-4,7-8H2,(H2,19,23)(H2,20,24). The molecule has 1 aromatic heterocycles. The number of carbonyl (C=O) groups excluding carboxylic acids is 3. The van der Waals surface area contributed by atoms with E-state index in [1.165, 1.54) is 6.20 Å². The van der Waals surface area contributed by atoms with Crippen molar-refractivity contribution < 1.29 is 18.8 Å². The molecule has 0 unspecified atom stereocenters. The summed E-state index contributed by atoms with van der Waals surface area (Å²) in [5.41, 5.74) is 10.8. The van der Waals surface area contributed by atoms with Gasteiger partial charge < -0.3 is 20.8 Å². The van der Waals surface area contributed by atoms with Crippen LogP contribution in [0.5, 0.6) is 0 Å². The Morgan fingerprint density at radius 1 is 1.12 bits per heavy atom. The number of hydrogen-bond donors (Lipinski definition) is 2. The van der Waals surface area contributed by atoms with Gasteiger partial charge >= 0.3 is 0 Å². The largest absolute Gasteiger partial charge is 0.441 e. The molecule has 1 heterocycles. The SMILES string of the molecule is NC(=O)CN(CC(N)=O)C(=O)CCc1ncc(-c2ccc(Cl)cc2Cl)o1. The number of amides is 3. The lowest BCUT2D eigenvalue weighted by Crippen LogP contribution is -2.43. The lowest BCUT2D eigenvalue weighted by atomic mass is 10.2. The predicted molar refractivity (Wildman–Crippen MR) is 95.2 cm³/mol. The number of benzene rings is 1. The molecule has 138 valence electrons. The van der Waals surface area contributed by atoms with Crippen molar-refractivity contribution in [1.82, 2.24) is 9.88 Å². The molecule has 4 N–H and O–H groups in total. The minimum Gasteiger partial charge on any atom is -0.441 e. The highest BCUT2D eigenvalue weighted by atomic mass is 35.5. The summed E-state index contributed by atoms with van der Waals surface area (Å²) in [5, 5.41) is 0.901. The maximum absolute atomic E-state index is 12.2. The second-order valence-electron chi connectivity index (χ2n) is 5.42. The first-order chi connectivity index (χ1) is 12.3. The number of carbonyl (C=O) groups is 3. The van der Waals surface area contributed by atoms with Crippen LogP contribution in [0.15, 0.2) is 28.8 Å². The highest BCUT2D eigenvalue weighted by Crippen LogP contribution is 2.30. The molecule has 0 aliphatic heterocycles. The Bertz CT molecular complexity index is 821. The van der Waals surface area contributed by atoms with E-state index in [1.54, 1.807) is 18.2 Å². The van der Waals surface area contributed by atoms with E-state index >= 15 is 0 Å². The van der Waals surface area contributed by atoms with E-state index in [2.05, 4.69) is 4.98 Å². The average Bonchev–Trinajstić information content (AvgIpc) is 2.99. The van der Waals surface area contributed by atoms with Gasteiger partial charge in [0.25, 0.3) is 0 Å². The van der Waals surface area contributed by atoms with Crippen molar-refractivity contribution in [3.63, 3.8) is 0 Å². The van der Waals surface area contributed by atoms with E-state index in [0.29, 0.717) is 27.3 Å². The molecule has 10 heteroatoms. The minimum absolute atomic E-state index is 0.0329. The zero-order valence-electron chi connectivity index (χ0n) is 13.6. The van der Waals surface area contributed by atoms with Crippen LogP contribution >= 0.6 is 23.2 Å². The molecule has 26 heavy (non-hydrogen) atoms. The average molecular weight is 399 g/mol. The van der Waals surface area contributed by atoms with Crippen LogP contribution in [-0.2, 0) is 20.8 Å². The van der Waals surface area contributed by atoms with Crippen molar-refractivity contribution in [2.45, 2.75) is 12.8 Å². The molecule has 0 aliphatic rings. The van der Waals surface area contributed by atoms with Gasteiger partial charge in [-0.3, -0.25) is 14.4 Å². The number of primary amides is 2. The van der Waals surface area contributed by atoms with E-state index in [-0.39, 0.29) is 25.9 Å². The van der Waals surface area contributed by atoms with Crippen LogP contribution in [0.4, 0.5) is 0 Å². The Kier molecular flexibility index (Phi) is 6.59. The summed E-state index contributed by atoms with van der Waals surface area (Å²) in [5.74, 6) is -1.21. The van der Waals surface area contributed by atoms with Crippen molar-refractivity contribution in [2.75, 3.05) is 13.1 Å². The zero-order valence-corrected chi connectivity index (χ0v) is 15.1. The molecule has 8 nitrogen and oxygen atoms in total. The smallest absolute Gasteiger partial charge is 0.237 e. The Morgan fingerprint density at radius 2 is 1.77 bits per heavy atom. The van der Waals surface area contributed by atoms with Crippen LogP contribution in [0.25, 0.3) is 11.3 Å². The Balaban J connectivity index is 2.03. The quantitative estimate of drug-likeness (QED) is 0.692. The van der Waals surface area contributed by atoms with Crippen LogP contribution in [0.3, 0.4) is 0 Å². The lowest BCUT2D eigenvalue weighted by molar-refractivity contribution is -0.138. The molecule has 2 rings (SSSR count). The van der Waals surface area contributed by atoms with Gasteiger partial charge in [0.15, 0.2) is 11.7 Å². The van der Waals surface area contributed by atoms with Gasteiger partial charge in [-0.1, -0.05) is 23.2 Å². The number of oxazole rings is 1. The molecule has 0 fully saturated rings. The highest BCUT2D eigenvalue weighted by molar-refractivity contribution is 6.36. The molecule has 0 bridgehead atoms. The molecular weight excluding hydrogens is 383 g/mol. The van der Waals surface area contributed by atoms with Crippen LogP contribution in [0, 0.1) is 0 Å². The number of aromatic nitrogens is 1. The zero-order chi connectivity index (χ0) is 19.3. The van der Waals surface area contributed by atoms with E-state index in [0.717, 1.165) is 4.90 Å². The Morgan fingerprint density at radius 3 is 2.35 bits per heavy atom. The summed E-state index contributed by atoms with van der Waals surface area (Å²) < 4.78 is 5.59. The second kappa shape index (κ2) is 8.68. The maximum Gasteiger partial charge on any atom is 0.237 e. The highest BCUT2D eigenvalue weighted by Gasteiger charge is 2.19. The van der Waals surface area contributed by atoms with E-state index in [4.69, 9.17) is 39.1 Å². The molecule has 3 amide bonds. The van der Waals surface area contributed by atoms with Gasteiger partial charge in [0.05, 0.1) is 24.3 Å². The molecule has 0 aliphatic carbocycles. The topological polar surface area (TPSA) is 133 Å². The van der Waals surface area contributed by atoms with E-state index in [1.807, 2.05) is 0 Å². The van der Waals surface area contributed by atoms with Crippen molar-refractivity contribution in [2.24, 2.45) is 11.5 Å². The summed E-state index contributed by atoms with van der Waals surface area (Å²) in [6.07, 6.45) is 1.62. The third kappa shape index (κ3) is 5.47. The monoisotopic (exact) mass is 398 g/mol. The second-order valence-corrected chi connectivity index (χ2v) is 6.27. The van der Waals surface area contributed by atoms with Gasteiger partial charge in [-0.2, -0.15) is 0 Å². The summed E-state index contributed by atoms with van der Waals surface area (Å²) in [7, 11) is 0. The van der Waals surface area contributed by atoms with Crippen LogP contribution in [0.2, 0.25) is 10.0 Å². The van der Waals surface area contributed by atoms with Crippen LogP contribution in [-0.4, -0.2) is 40.7 Å². The fourth-order valence-corrected chi connectivity index (χ4v) is 2.72.